The minimum absolute atomic E-state index is 1.05. The summed E-state index contributed by atoms with van der Waals surface area (Å²) in [7, 11) is 0. The minimum atomic E-state index is 1.05. The van der Waals surface area contributed by atoms with E-state index in [4.69, 9.17) is 0 Å². The summed E-state index contributed by atoms with van der Waals surface area (Å²) < 4.78 is 0. The van der Waals surface area contributed by atoms with Crippen molar-refractivity contribution in [3.8, 4) is 0 Å². The number of aryl methyl sites for hydroxylation is 4. The molecule has 0 radical (unpaired) electrons. The Hall–Kier alpha value is -1.82. The molecule has 0 spiro atoms. The van der Waals surface area contributed by atoms with E-state index in [9.17, 15) is 0 Å². The van der Waals surface area contributed by atoms with Crippen molar-refractivity contribution in [2.24, 2.45) is 0 Å². The van der Waals surface area contributed by atoms with Crippen LogP contribution in [0.5, 0.6) is 0 Å². The smallest absolute Gasteiger partial charge is 0.0305 e. The topological polar surface area (TPSA) is 0 Å². The number of hydrogen-bond acceptors (Lipinski definition) is 0. The Morgan fingerprint density at radius 2 is 1.21 bits per heavy atom. The van der Waals surface area contributed by atoms with Crippen molar-refractivity contribution in [3.05, 3.63) is 82.9 Å². The molecule has 1 rings (SSSR count). The average molecular weight is 252 g/mol. The molecule has 0 aliphatic heterocycles. The molecule has 0 amide bonds. The van der Waals surface area contributed by atoms with Gasteiger partial charge in [-0.3, -0.25) is 0 Å². The summed E-state index contributed by atoms with van der Waals surface area (Å²) in [5.74, 6) is 0. The van der Waals surface area contributed by atoms with Gasteiger partial charge in [0.1, 0.15) is 0 Å². The summed E-state index contributed by atoms with van der Waals surface area (Å²) in [5.41, 5.74) is 5.24. The minimum Gasteiger partial charge on any atom is -0.0622 e. The molecule has 0 saturated heterocycles. The van der Waals surface area contributed by atoms with Crippen LogP contribution in [0.15, 0.2) is 60.7 Å². The van der Waals surface area contributed by atoms with Crippen molar-refractivity contribution >= 4 is 0 Å². The number of hydrogen-bond donors (Lipinski definition) is 0. The molecule has 0 atom stereocenters. The van der Waals surface area contributed by atoms with Gasteiger partial charge in [-0.1, -0.05) is 78.7 Å². The van der Waals surface area contributed by atoms with Gasteiger partial charge in [-0.05, 0) is 38.3 Å². The highest BCUT2D eigenvalue weighted by molar-refractivity contribution is 5.25. The van der Waals surface area contributed by atoms with Gasteiger partial charge in [0, 0.05) is 0 Å². The Morgan fingerprint density at radius 1 is 0.684 bits per heavy atom. The van der Waals surface area contributed by atoms with E-state index in [1.165, 1.54) is 22.3 Å². The molecule has 0 heterocycles. The van der Waals surface area contributed by atoms with Gasteiger partial charge >= 0.3 is 0 Å². The Morgan fingerprint density at radius 3 is 1.84 bits per heavy atom. The Labute approximate surface area is 117 Å². The van der Waals surface area contributed by atoms with Crippen molar-refractivity contribution in [2.75, 3.05) is 0 Å². The lowest BCUT2D eigenvalue weighted by Crippen LogP contribution is -1.82. The van der Waals surface area contributed by atoms with Gasteiger partial charge < -0.3 is 0 Å². The van der Waals surface area contributed by atoms with Crippen LogP contribution in [0.4, 0.5) is 0 Å². The summed E-state index contributed by atoms with van der Waals surface area (Å²) in [6.45, 7) is 8.62. The summed E-state index contributed by atoms with van der Waals surface area (Å²) in [6, 6.07) is 21.3. The van der Waals surface area contributed by atoms with E-state index in [1.807, 2.05) is 0 Å². The molecule has 0 nitrogen and oxygen atoms in total. The Balaban J connectivity index is 3.48. The summed E-state index contributed by atoms with van der Waals surface area (Å²) in [4.78, 5) is 0. The number of rotatable bonds is 1. The van der Waals surface area contributed by atoms with E-state index >= 15 is 0 Å². The maximum Gasteiger partial charge on any atom is -0.0305 e. The maximum absolute atomic E-state index is 2.24. The van der Waals surface area contributed by atoms with Crippen molar-refractivity contribution in [3.63, 3.8) is 0 Å². The van der Waals surface area contributed by atoms with Crippen molar-refractivity contribution in [1.29, 1.82) is 0 Å². The first-order valence-electron chi connectivity index (χ1n) is 6.88. The van der Waals surface area contributed by atoms with Gasteiger partial charge in [-0.2, -0.15) is 0 Å². The highest BCUT2D eigenvalue weighted by atomic mass is 14.0. The normalized spacial score (nSPS) is 9.26. The van der Waals surface area contributed by atoms with Crippen LogP contribution >= 0.6 is 0 Å². The molecule has 1 aromatic rings. The van der Waals surface area contributed by atoms with Crippen LogP contribution in [-0.4, -0.2) is 0 Å². The van der Waals surface area contributed by atoms with Crippen LogP contribution < -0.4 is 0 Å². The predicted molar refractivity (Wildman–Crippen MR) is 85.3 cm³/mol. The highest BCUT2D eigenvalue weighted by Crippen LogP contribution is 2.06. The highest BCUT2D eigenvalue weighted by Gasteiger charge is 1.89. The van der Waals surface area contributed by atoms with Gasteiger partial charge in [0.25, 0.3) is 0 Å². The zero-order valence-electron chi connectivity index (χ0n) is 12.5. The predicted octanol–water partition coefficient (Wildman–Crippen LogP) is 5.42. The zero-order valence-corrected chi connectivity index (χ0v) is 12.5. The van der Waals surface area contributed by atoms with E-state index in [1.54, 1.807) is 0 Å². The van der Waals surface area contributed by atoms with Crippen LogP contribution in [-0.2, 0) is 6.42 Å². The Bertz CT molecular complexity index is 524. The van der Waals surface area contributed by atoms with E-state index in [0.717, 1.165) is 6.42 Å². The van der Waals surface area contributed by atoms with Gasteiger partial charge in [-0.25, -0.2) is 0 Å². The molecule has 0 N–H and O–H groups in total. The van der Waals surface area contributed by atoms with Crippen LogP contribution in [0.2, 0.25) is 0 Å². The molecule has 100 valence electrons. The van der Waals surface area contributed by atoms with Gasteiger partial charge in [0.15, 0.2) is 0 Å². The molecule has 0 unspecified atom stereocenters. The molecular formula is C19H24. The van der Waals surface area contributed by atoms with E-state index in [0.29, 0.717) is 0 Å². The van der Waals surface area contributed by atoms with Crippen LogP contribution in [0.3, 0.4) is 0 Å². The zero-order chi connectivity index (χ0) is 14.1. The van der Waals surface area contributed by atoms with Crippen LogP contribution in [0.25, 0.3) is 0 Å². The van der Waals surface area contributed by atoms with Crippen molar-refractivity contribution in [2.45, 2.75) is 34.1 Å². The molecule has 0 aromatic heterocycles. The quantitative estimate of drug-likeness (QED) is 0.625. The van der Waals surface area contributed by atoms with Crippen LogP contribution in [0, 0.1) is 20.8 Å². The SMILES string of the molecule is CCc1ccccc(C)cccccc(C)cc1C. The summed E-state index contributed by atoms with van der Waals surface area (Å²) >= 11 is 0. The fourth-order valence-corrected chi connectivity index (χ4v) is 1.92. The third-order valence-electron chi connectivity index (χ3n) is 3.04. The molecule has 0 heteroatoms. The van der Waals surface area contributed by atoms with Gasteiger partial charge in [0.2, 0.25) is 0 Å². The lowest BCUT2D eigenvalue weighted by atomic mass is 10.1. The van der Waals surface area contributed by atoms with Crippen LogP contribution in [0.1, 0.15) is 29.2 Å². The lowest BCUT2D eigenvalue weighted by Gasteiger charge is -1.98. The first kappa shape index (κ1) is 15.2. The molecule has 19 heavy (non-hydrogen) atoms. The lowest BCUT2D eigenvalue weighted by molar-refractivity contribution is 1.11. The molecule has 0 bridgehead atoms. The van der Waals surface area contributed by atoms with Crippen molar-refractivity contribution in [1.82, 2.24) is 0 Å². The molecule has 0 aliphatic rings. The largest absolute Gasteiger partial charge is 0.0622 e. The summed E-state index contributed by atoms with van der Waals surface area (Å²) in [5, 5.41) is 0. The Kier molecular flexibility index (Phi) is 6.67. The van der Waals surface area contributed by atoms with Crippen molar-refractivity contribution < 1.29 is 0 Å². The second kappa shape index (κ2) is 8.31. The maximum atomic E-state index is 2.24. The first-order valence-corrected chi connectivity index (χ1v) is 6.88. The molecular weight excluding hydrogens is 228 g/mol. The standard InChI is InChI=1S/C19H24/c1-5-19-14-10-9-12-16(2)11-7-6-8-13-17(3)15-18(19)4/h6-15H,5H2,1-4H3. The molecule has 0 saturated carbocycles. The van der Waals surface area contributed by atoms with Gasteiger partial charge in [-0.15, -0.1) is 0 Å². The fourth-order valence-electron chi connectivity index (χ4n) is 1.92. The molecule has 0 aliphatic carbocycles. The van der Waals surface area contributed by atoms with E-state index in [2.05, 4.69) is 88.4 Å². The monoisotopic (exact) mass is 252 g/mol. The van der Waals surface area contributed by atoms with Gasteiger partial charge in [0.05, 0.1) is 0 Å². The third-order valence-corrected chi connectivity index (χ3v) is 3.04. The second-order valence-electron chi connectivity index (χ2n) is 4.82. The molecule has 1 aromatic carbocycles. The summed E-state index contributed by atoms with van der Waals surface area (Å²) in [6.07, 6.45) is 1.05. The first-order chi connectivity index (χ1) is 9.13. The molecule has 0 fully saturated rings. The third kappa shape index (κ3) is 6.05. The van der Waals surface area contributed by atoms with E-state index < -0.39 is 0 Å². The fraction of sp³-hybridized carbons (Fsp3) is 0.263. The second-order valence-corrected chi connectivity index (χ2v) is 4.82. The average Bonchev–Trinajstić information content (AvgIpc) is 2.37. The van der Waals surface area contributed by atoms with E-state index in [-0.39, 0.29) is 0 Å².